The Morgan fingerprint density at radius 2 is 2.08 bits per heavy atom. The summed E-state index contributed by atoms with van der Waals surface area (Å²) in [7, 11) is 0. The van der Waals surface area contributed by atoms with Gasteiger partial charge < -0.3 is 4.42 Å². The second kappa shape index (κ2) is 6.55. The van der Waals surface area contributed by atoms with E-state index in [1.54, 1.807) is 30.3 Å². The third-order valence-corrected chi connectivity index (χ3v) is 5.16. The van der Waals surface area contributed by atoms with E-state index in [0.29, 0.717) is 21.1 Å². The lowest BCUT2D eigenvalue weighted by atomic mass is 10.1. The Bertz CT molecular complexity index is 1210. The number of anilines is 1. The summed E-state index contributed by atoms with van der Waals surface area (Å²) >= 11 is 7.27. The van der Waals surface area contributed by atoms with Gasteiger partial charge in [0, 0.05) is 11.1 Å². The van der Waals surface area contributed by atoms with Crippen LogP contribution in [0, 0.1) is 0 Å². The molecule has 130 valence electrons. The summed E-state index contributed by atoms with van der Waals surface area (Å²) in [6, 6.07) is 11.9. The molecule has 0 saturated carbocycles. The number of amides is 1. The van der Waals surface area contributed by atoms with Gasteiger partial charge in [0.15, 0.2) is 16.3 Å². The van der Waals surface area contributed by atoms with Gasteiger partial charge in [0.05, 0.1) is 15.6 Å². The second-order valence-electron chi connectivity index (χ2n) is 5.74. The van der Waals surface area contributed by atoms with Crippen molar-refractivity contribution >= 4 is 55.2 Å². The molecule has 4 aromatic rings. The summed E-state index contributed by atoms with van der Waals surface area (Å²) in [5.41, 5.74) is 1.91. The SMILES string of the molecule is CCc1ccc2oc(C(=O)Nc3nc4ccc(Cl)cc4s3)cc(=O)c2c1. The van der Waals surface area contributed by atoms with E-state index < -0.39 is 5.91 Å². The largest absolute Gasteiger partial charge is 0.451 e. The molecule has 5 nitrogen and oxygen atoms in total. The molecule has 4 rings (SSSR count). The van der Waals surface area contributed by atoms with Crippen LogP contribution in [0.3, 0.4) is 0 Å². The van der Waals surface area contributed by atoms with Crippen LogP contribution in [0.1, 0.15) is 23.0 Å². The van der Waals surface area contributed by atoms with Crippen LogP contribution in [-0.4, -0.2) is 10.9 Å². The number of fused-ring (bicyclic) bond motifs is 2. The number of thiazole rings is 1. The van der Waals surface area contributed by atoms with Crippen molar-refractivity contribution in [2.45, 2.75) is 13.3 Å². The quantitative estimate of drug-likeness (QED) is 0.547. The molecule has 0 spiro atoms. The van der Waals surface area contributed by atoms with Crippen LogP contribution in [0.15, 0.2) is 51.7 Å². The van der Waals surface area contributed by atoms with Gasteiger partial charge in [0.25, 0.3) is 5.91 Å². The summed E-state index contributed by atoms with van der Waals surface area (Å²) < 4.78 is 6.47. The minimum absolute atomic E-state index is 0.0518. The van der Waals surface area contributed by atoms with Crippen LogP contribution in [0.25, 0.3) is 21.2 Å². The minimum atomic E-state index is -0.520. The zero-order valence-electron chi connectivity index (χ0n) is 13.7. The maximum Gasteiger partial charge on any atom is 0.293 e. The number of hydrogen-bond donors (Lipinski definition) is 1. The van der Waals surface area contributed by atoms with Gasteiger partial charge in [0.1, 0.15) is 5.58 Å². The Morgan fingerprint density at radius 1 is 1.23 bits per heavy atom. The fourth-order valence-corrected chi connectivity index (χ4v) is 3.78. The molecular formula is C19H13ClN2O3S. The summed E-state index contributed by atoms with van der Waals surface area (Å²) in [4.78, 5) is 29.1. The summed E-state index contributed by atoms with van der Waals surface area (Å²) in [5, 5.41) is 4.16. The van der Waals surface area contributed by atoms with Crippen LogP contribution >= 0.6 is 22.9 Å². The molecule has 0 unspecified atom stereocenters. The predicted octanol–water partition coefficient (Wildman–Crippen LogP) is 4.87. The molecule has 26 heavy (non-hydrogen) atoms. The van der Waals surface area contributed by atoms with Gasteiger partial charge in [-0.15, -0.1) is 0 Å². The third-order valence-electron chi connectivity index (χ3n) is 3.99. The predicted molar refractivity (Wildman–Crippen MR) is 104 cm³/mol. The number of carbonyl (C=O) groups is 1. The molecular weight excluding hydrogens is 372 g/mol. The fraction of sp³-hybridized carbons (Fsp3) is 0.105. The van der Waals surface area contributed by atoms with Crippen LogP contribution in [0.5, 0.6) is 0 Å². The molecule has 0 bridgehead atoms. The molecule has 0 fully saturated rings. The van der Waals surface area contributed by atoms with Crippen molar-refractivity contribution in [3.63, 3.8) is 0 Å². The molecule has 0 aliphatic heterocycles. The molecule has 2 aromatic heterocycles. The zero-order chi connectivity index (χ0) is 18.3. The van der Waals surface area contributed by atoms with Crippen LogP contribution in [-0.2, 0) is 6.42 Å². The van der Waals surface area contributed by atoms with Crippen molar-refractivity contribution in [3.05, 3.63) is 69.0 Å². The average molecular weight is 385 g/mol. The van der Waals surface area contributed by atoms with Gasteiger partial charge in [-0.1, -0.05) is 35.9 Å². The maximum atomic E-state index is 12.5. The number of benzene rings is 2. The third kappa shape index (κ3) is 3.09. The van der Waals surface area contributed by atoms with Crippen molar-refractivity contribution in [3.8, 4) is 0 Å². The Labute approximate surface area is 157 Å². The van der Waals surface area contributed by atoms with Gasteiger partial charge >= 0.3 is 0 Å². The number of nitrogens with one attached hydrogen (secondary N) is 1. The number of hydrogen-bond acceptors (Lipinski definition) is 5. The number of nitrogens with zero attached hydrogens (tertiary/aromatic N) is 1. The van der Waals surface area contributed by atoms with Crippen molar-refractivity contribution < 1.29 is 9.21 Å². The highest BCUT2D eigenvalue weighted by atomic mass is 35.5. The zero-order valence-corrected chi connectivity index (χ0v) is 15.3. The van der Waals surface area contributed by atoms with Crippen molar-refractivity contribution in [2.24, 2.45) is 0 Å². The van der Waals surface area contributed by atoms with Gasteiger partial charge in [-0.25, -0.2) is 4.98 Å². The molecule has 0 radical (unpaired) electrons. The lowest BCUT2D eigenvalue weighted by Gasteiger charge is -2.04. The van der Waals surface area contributed by atoms with E-state index in [9.17, 15) is 9.59 Å². The smallest absolute Gasteiger partial charge is 0.293 e. The van der Waals surface area contributed by atoms with E-state index in [1.165, 1.54) is 17.4 Å². The van der Waals surface area contributed by atoms with Gasteiger partial charge in [-0.05, 0) is 42.3 Å². The molecule has 0 atom stereocenters. The molecule has 0 aliphatic carbocycles. The van der Waals surface area contributed by atoms with Crippen molar-refractivity contribution in [1.82, 2.24) is 4.98 Å². The van der Waals surface area contributed by atoms with Crippen LogP contribution in [0.2, 0.25) is 5.02 Å². The van der Waals surface area contributed by atoms with E-state index in [0.717, 1.165) is 22.2 Å². The summed E-state index contributed by atoms with van der Waals surface area (Å²) in [6.07, 6.45) is 0.819. The highest BCUT2D eigenvalue weighted by Gasteiger charge is 2.15. The number of halogens is 1. The summed E-state index contributed by atoms with van der Waals surface area (Å²) in [6.45, 7) is 2.01. The average Bonchev–Trinajstić information content (AvgIpc) is 3.02. The topological polar surface area (TPSA) is 72.2 Å². The number of carbonyl (C=O) groups excluding carboxylic acids is 1. The Kier molecular flexibility index (Phi) is 4.22. The summed E-state index contributed by atoms with van der Waals surface area (Å²) in [5.74, 6) is -0.572. The van der Waals surface area contributed by atoms with E-state index in [2.05, 4.69) is 10.3 Å². The second-order valence-corrected chi connectivity index (χ2v) is 7.21. The van der Waals surface area contributed by atoms with Gasteiger partial charge in [0.2, 0.25) is 0 Å². The monoisotopic (exact) mass is 384 g/mol. The molecule has 1 amide bonds. The number of rotatable bonds is 3. The lowest BCUT2D eigenvalue weighted by molar-refractivity contribution is 0.0997. The molecule has 2 heterocycles. The van der Waals surface area contributed by atoms with Gasteiger partial charge in [-0.2, -0.15) is 0 Å². The first kappa shape index (κ1) is 16.8. The highest BCUT2D eigenvalue weighted by molar-refractivity contribution is 7.22. The lowest BCUT2D eigenvalue weighted by Crippen LogP contribution is -2.14. The van der Waals surface area contributed by atoms with Crippen LogP contribution < -0.4 is 10.7 Å². The molecule has 0 saturated heterocycles. The highest BCUT2D eigenvalue weighted by Crippen LogP contribution is 2.28. The van der Waals surface area contributed by atoms with Crippen LogP contribution in [0.4, 0.5) is 5.13 Å². The van der Waals surface area contributed by atoms with Crippen molar-refractivity contribution in [2.75, 3.05) is 5.32 Å². The Morgan fingerprint density at radius 3 is 2.88 bits per heavy atom. The van der Waals surface area contributed by atoms with E-state index in [-0.39, 0.29) is 11.2 Å². The Balaban J connectivity index is 1.67. The molecule has 7 heteroatoms. The Hall–Kier alpha value is -2.70. The molecule has 0 aliphatic rings. The standard InChI is InChI=1S/C19H13ClN2O3S/c1-2-10-3-6-15-12(7-10)14(23)9-16(25-15)18(24)22-19-21-13-5-4-11(20)8-17(13)26-19/h3-9H,2H2,1H3,(H,21,22,24). The number of aryl methyl sites for hydroxylation is 1. The van der Waals surface area contributed by atoms with Gasteiger partial charge in [-0.3, -0.25) is 14.9 Å². The van der Waals surface area contributed by atoms with E-state index in [1.807, 2.05) is 13.0 Å². The number of aromatic nitrogens is 1. The first-order valence-corrected chi connectivity index (χ1v) is 9.17. The van der Waals surface area contributed by atoms with E-state index in [4.69, 9.17) is 16.0 Å². The van der Waals surface area contributed by atoms with E-state index >= 15 is 0 Å². The minimum Gasteiger partial charge on any atom is -0.451 e. The normalized spacial score (nSPS) is 11.2. The fourth-order valence-electron chi connectivity index (χ4n) is 2.65. The first-order valence-electron chi connectivity index (χ1n) is 7.98. The molecule has 1 N–H and O–H groups in total. The molecule has 2 aromatic carbocycles. The first-order chi connectivity index (χ1) is 12.5. The van der Waals surface area contributed by atoms with Crippen molar-refractivity contribution in [1.29, 1.82) is 0 Å². The maximum absolute atomic E-state index is 12.5.